The molecule has 1 atom stereocenters. The lowest BCUT2D eigenvalue weighted by atomic mass is 9.95. The number of halogens is 1. The lowest BCUT2D eigenvalue weighted by Crippen LogP contribution is -2.30. The van der Waals surface area contributed by atoms with Crippen molar-refractivity contribution in [2.75, 3.05) is 19.6 Å². The number of carbonyl (C=O) groups excluding carboxylic acids is 1. The van der Waals surface area contributed by atoms with Crippen molar-refractivity contribution in [3.8, 4) is 0 Å². The first kappa shape index (κ1) is 13.0. The van der Waals surface area contributed by atoms with E-state index in [-0.39, 0.29) is 17.6 Å². The number of nitrogens with zero attached hydrogens (tertiary/aromatic N) is 1. The minimum Gasteiger partial charge on any atom is -0.343 e. The molecule has 3 nitrogen and oxygen atoms in total. The van der Waals surface area contributed by atoms with E-state index in [1.54, 1.807) is 12.1 Å². The van der Waals surface area contributed by atoms with Gasteiger partial charge < -0.3 is 10.6 Å². The zero-order chi connectivity index (χ0) is 13.0. The third-order valence-electron chi connectivity index (χ3n) is 3.51. The van der Waals surface area contributed by atoms with Gasteiger partial charge in [-0.1, -0.05) is 12.1 Å². The van der Waals surface area contributed by atoms with Gasteiger partial charge in [-0.2, -0.15) is 0 Å². The fourth-order valence-electron chi connectivity index (χ4n) is 2.38. The molecule has 1 aromatic rings. The molecule has 1 unspecified atom stereocenters. The molecule has 1 fully saturated rings. The maximum absolute atomic E-state index is 12.9. The Balaban J connectivity index is 2.00. The predicted octanol–water partition coefficient (Wildman–Crippen LogP) is 1.88. The molecule has 0 saturated carbocycles. The van der Waals surface area contributed by atoms with Crippen LogP contribution < -0.4 is 5.73 Å². The Hall–Kier alpha value is -1.42. The Morgan fingerprint density at radius 2 is 1.89 bits per heavy atom. The number of rotatable bonds is 4. The average molecular weight is 250 g/mol. The van der Waals surface area contributed by atoms with Crippen molar-refractivity contribution < 1.29 is 9.18 Å². The maximum Gasteiger partial charge on any atom is 0.223 e. The Kier molecular flexibility index (Phi) is 4.31. The van der Waals surface area contributed by atoms with Gasteiger partial charge in [-0.15, -0.1) is 0 Å². The molecule has 1 aromatic carbocycles. The van der Waals surface area contributed by atoms with Gasteiger partial charge in [0.05, 0.1) is 0 Å². The molecule has 0 aliphatic carbocycles. The first-order valence-electron chi connectivity index (χ1n) is 6.44. The monoisotopic (exact) mass is 250 g/mol. The lowest BCUT2D eigenvalue weighted by Gasteiger charge is -2.20. The Morgan fingerprint density at radius 1 is 1.28 bits per heavy atom. The molecule has 1 heterocycles. The highest BCUT2D eigenvalue weighted by molar-refractivity contribution is 5.77. The van der Waals surface area contributed by atoms with Crippen LogP contribution in [0.25, 0.3) is 0 Å². The zero-order valence-corrected chi connectivity index (χ0v) is 10.4. The van der Waals surface area contributed by atoms with Crippen LogP contribution in [0.5, 0.6) is 0 Å². The van der Waals surface area contributed by atoms with Crippen molar-refractivity contribution in [2.24, 2.45) is 5.73 Å². The topological polar surface area (TPSA) is 46.3 Å². The van der Waals surface area contributed by atoms with Gasteiger partial charge in [0.1, 0.15) is 5.82 Å². The summed E-state index contributed by atoms with van der Waals surface area (Å²) in [5, 5.41) is 0. The van der Waals surface area contributed by atoms with Crippen molar-refractivity contribution in [3.63, 3.8) is 0 Å². The molecule has 1 aliphatic heterocycles. The second-order valence-corrected chi connectivity index (χ2v) is 4.78. The fraction of sp³-hybridized carbons (Fsp3) is 0.500. The Morgan fingerprint density at radius 3 is 2.44 bits per heavy atom. The lowest BCUT2D eigenvalue weighted by molar-refractivity contribution is -0.130. The SMILES string of the molecule is NCC(CC(=O)N1CCCC1)c1ccc(F)cc1. The van der Waals surface area contributed by atoms with E-state index in [9.17, 15) is 9.18 Å². The first-order chi connectivity index (χ1) is 8.70. The molecule has 0 spiro atoms. The van der Waals surface area contributed by atoms with Crippen LogP contribution in [0.2, 0.25) is 0 Å². The molecule has 4 heteroatoms. The second kappa shape index (κ2) is 5.96. The van der Waals surface area contributed by atoms with Gasteiger partial charge in [-0.3, -0.25) is 4.79 Å². The molecule has 0 radical (unpaired) electrons. The van der Waals surface area contributed by atoms with Gasteiger partial charge >= 0.3 is 0 Å². The number of hydrogen-bond donors (Lipinski definition) is 1. The van der Waals surface area contributed by atoms with E-state index in [0.29, 0.717) is 13.0 Å². The van der Waals surface area contributed by atoms with Crippen LogP contribution in [-0.4, -0.2) is 30.4 Å². The summed E-state index contributed by atoms with van der Waals surface area (Å²) >= 11 is 0. The summed E-state index contributed by atoms with van der Waals surface area (Å²) in [6.45, 7) is 2.13. The second-order valence-electron chi connectivity index (χ2n) is 4.78. The van der Waals surface area contributed by atoms with Crippen LogP contribution in [0.3, 0.4) is 0 Å². The van der Waals surface area contributed by atoms with E-state index in [0.717, 1.165) is 31.5 Å². The predicted molar refractivity (Wildman–Crippen MR) is 68.6 cm³/mol. The van der Waals surface area contributed by atoms with Crippen molar-refractivity contribution in [2.45, 2.75) is 25.2 Å². The minimum absolute atomic E-state index is 0.0151. The smallest absolute Gasteiger partial charge is 0.223 e. The molecule has 0 bridgehead atoms. The van der Waals surface area contributed by atoms with Gasteiger partial charge in [0.15, 0.2) is 0 Å². The molecule has 2 rings (SSSR count). The number of likely N-dealkylation sites (tertiary alicyclic amines) is 1. The number of benzene rings is 1. The van der Waals surface area contributed by atoms with Crippen molar-refractivity contribution in [1.29, 1.82) is 0 Å². The van der Waals surface area contributed by atoms with Gasteiger partial charge in [0, 0.05) is 25.4 Å². The number of amides is 1. The molecule has 0 aromatic heterocycles. The summed E-state index contributed by atoms with van der Waals surface area (Å²) in [5.74, 6) is -0.119. The number of carbonyl (C=O) groups is 1. The van der Waals surface area contributed by atoms with Gasteiger partial charge in [0.2, 0.25) is 5.91 Å². The highest BCUT2D eigenvalue weighted by Crippen LogP contribution is 2.21. The number of hydrogen-bond acceptors (Lipinski definition) is 2. The largest absolute Gasteiger partial charge is 0.343 e. The van der Waals surface area contributed by atoms with Crippen molar-refractivity contribution in [1.82, 2.24) is 4.90 Å². The quantitative estimate of drug-likeness (QED) is 0.887. The highest BCUT2D eigenvalue weighted by Gasteiger charge is 2.21. The van der Waals surface area contributed by atoms with Crippen LogP contribution in [0, 0.1) is 5.82 Å². The molecular formula is C14H19FN2O. The molecule has 98 valence electrons. The van der Waals surface area contributed by atoms with Crippen molar-refractivity contribution in [3.05, 3.63) is 35.6 Å². The van der Waals surface area contributed by atoms with Crippen LogP contribution >= 0.6 is 0 Å². The van der Waals surface area contributed by atoms with Crippen LogP contribution in [-0.2, 0) is 4.79 Å². The molecule has 1 amide bonds. The molecule has 1 aliphatic rings. The number of nitrogens with two attached hydrogens (primary N) is 1. The average Bonchev–Trinajstić information content (AvgIpc) is 2.91. The maximum atomic E-state index is 12.9. The van der Waals surface area contributed by atoms with Gasteiger partial charge in [-0.25, -0.2) is 4.39 Å². The summed E-state index contributed by atoms with van der Waals surface area (Å²) in [7, 11) is 0. The first-order valence-corrected chi connectivity index (χ1v) is 6.44. The van der Waals surface area contributed by atoms with Crippen molar-refractivity contribution >= 4 is 5.91 Å². The normalized spacial score (nSPS) is 16.9. The molecule has 1 saturated heterocycles. The molecule has 2 N–H and O–H groups in total. The van der Waals surface area contributed by atoms with Gasteiger partial charge in [0.25, 0.3) is 0 Å². The van der Waals surface area contributed by atoms with E-state index in [1.807, 2.05) is 4.90 Å². The molecule has 18 heavy (non-hydrogen) atoms. The summed E-state index contributed by atoms with van der Waals surface area (Å²) in [6, 6.07) is 6.25. The van der Waals surface area contributed by atoms with Crippen LogP contribution in [0.1, 0.15) is 30.7 Å². The fourth-order valence-corrected chi connectivity index (χ4v) is 2.38. The zero-order valence-electron chi connectivity index (χ0n) is 10.4. The van der Waals surface area contributed by atoms with E-state index in [4.69, 9.17) is 5.73 Å². The van der Waals surface area contributed by atoms with E-state index in [2.05, 4.69) is 0 Å². The summed E-state index contributed by atoms with van der Waals surface area (Å²) in [5.41, 5.74) is 6.66. The Bertz CT molecular complexity index is 399. The van der Waals surface area contributed by atoms with E-state index < -0.39 is 0 Å². The van der Waals surface area contributed by atoms with Gasteiger partial charge in [-0.05, 0) is 37.1 Å². The third-order valence-corrected chi connectivity index (χ3v) is 3.51. The third kappa shape index (κ3) is 3.07. The van der Waals surface area contributed by atoms with E-state index in [1.165, 1.54) is 12.1 Å². The summed E-state index contributed by atoms with van der Waals surface area (Å²) in [4.78, 5) is 13.9. The minimum atomic E-state index is -0.264. The molecular weight excluding hydrogens is 231 g/mol. The highest BCUT2D eigenvalue weighted by atomic mass is 19.1. The van der Waals surface area contributed by atoms with Crippen LogP contribution in [0.15, 0.2) is 24.3 Å². The standard InChI is InChI=1S/C14H19FN2O/c15-13-5-3-11(4-6-13)12(10-16)9-14(18)17-7-1-2-8-17/h3-6,12H,1-2,7-10,16H2. The summed E-state index contributed by atoms with van der Waals surface area (Å²) in [6.07, 6.45) is 2.60. The summed E-state index contributed by atoms with van der Waals surface area (Å²) < 4.78 is 12.9. The Labute approximate surface area is 107 Å². The van der Waals surface area contributed by atoms with E-state index >= 15 is 0 Å². The van der Waals surface area contributed by atoms with Crippen LogP contribution in [0.4, 0.5) is 4.39 Å².